The molecule has 0 fully saturated rings. The zero-order valence-corrected chi connectivity index (χ0v) is 13.7. The van der Waals surface area contributed by atoms with Crippen molar-refractivity contribution in [2.45, 2.75) is 27.3 Å². The van der Waals surface area contributed by atoms with Crippen LogP contribution in [-0.2, 0) is 6.54 Å². The Morgan fingerprint density at radius 3 is 2.64 bits per heavy atom. The van der Waals surface area contributed by atoms with E-state index < -0.39 is 0 Å². The monoisotopic (exact) mass is 310 g/mol. The topological polar surface area (TPSA) is 50.7 Å². The van der Waals surface area contributed by atoms with Gasteiger partial charge in [-0.25, -0.2) is 9.97 Å². The van der Waals surface area contributed by atoms with E-state index in [-0.39, 0.29) is 0 Å². The average molecular weight is 310 g/mol. The van der Waals surface area contributed by atoms with Crippen molar-refractivity contribution in [2.75, 3.05) is 5.32 Å². The number of aromatic nitrogens is 3. The molecule has 0 unspecified atom stereocenters. The van der Waals surface area contributed by atoms with Gasteiger partial charge in [0.05, 0.1) is 6.54 Å². The quantitative estimate of drug-likeness (QED) is 0.787. The minimum absolute atomic E-state index is 0.709. The molecule has 0 atom stereocenters. The molecule has 0 spiro atoms. The van der Waals surface area contributed by atoms with E-state index in [2.05, 4.69) is 39.3 Å². The van der Waals surface area contributed by atoms with Crippen LogP contribution >= 0.6 is 11.3 Å². The molecule has 0 aliphatic carbocycles. The summed E-state index contributed by atoms with van der Waals surface area (Å²) in [5.74, 6) is 1.60. The number of pyridine rings is 1. The number of thiophene rings is 1. The first-order valence-corrected chi connectivity index (χ1v) is 8.00. The maximum atomic E-state index is 4.67. The maximum absolute atomic E-state index is 4.67. The van der Waals surface area contributed by atoms with Crippen LogP contribution in [0.4, 0.5) is 5.82 Å². The fraction of sp³-hybridized carbons (Fsp3) is 0.235. The Hall–Kier alpha value is -2.27. The SMILES string of the molecule is Cc1ccc(CNc2nc(-c3cccnc3)nc(C)c2C)s1. The van der Waals surface area contributed by atoms with Gasteiger partial charge in [-0.15, -0.1) is 11.3 Å². The molecule has 0 saturated heterocycles. The third-order valence-electron chi connectivity index (χ3n) is 3.54. The predicted molar refractivity (Wildman–Crippen MR) is 91.1 cm³/mol. The Balaban J connectivity index is 1.88. The molecule has 3 aromatic rings. The normalized spacial score (nSPS) is 10.7. The van der Waals surface area contributed by atoms with Crippen LogP contribution in [0.3, 0.4) is 0 Å². The smallest absolute Gasteiger partial charge is 0.163 e. The van der Waals surface area contributed by atoms with Gasteiger partial charge in [0.2, 0.25) is 0 Å². The van der Waals surface area contributed by atoms with Gasteiger partial charge in [0.15, 0.2) is 5.82 Å². The van der Waals surface area contributed by atoms with Gasteiger partial charge in [-0.05, 0) is 45.0 Å². The van der Waals surface area contributed by atoms with E-state index >= 15 is 0 Å². The van der Waals surface area contributed by atoms with Crippen molar-refractivity contribution in [3.8, 4) is 11.4 Å². The van der Waals surface area contributed by atoms with E-state index in [4.69, 9.17) is 0 Å². The van der Waals surface area contributed by atoms with Crippen molar-refractivity contribution >= 4 is 17.2 Å². The van der Waals surface area contributed by atoms with Crippen LogP contribution in [0.15, 0.2) is 36.7 Å². The minimum Gasteiger partial charge on any atom is -0.365 e. The largest absolute Gasteiger partial charge is 0.365 e. The van der Waals surface area contributed by atoms with Crippen LogP contribution in [0.2, 0.25) is 0 Å². The summed E-state index contributed by atoms with van der Waals surface area (Å²) in [5.41, 5.74) is 3.00. The minimum atomic E-state index is 0.709. The third-order valence-corrected chi connectivity index (χ3v) is 4.54. The average Bonchev–Trinajstić information content (AvgIpc) is 2.95. The van der Waals surface area contributed by atoms with Gasteiger partial charge in [-0.2, -0.15) is 0 Å². The lowest BCUT2D eigenvalue weighted by molar-refractivity contribution is 1.04. The molecule has 0 bridgehead atoms. The molecule has 4 nitrogen and oxygen atoms in total. The van der Waals surface area contributed by atoms with E-state index in [0.717, 1.165) is 29.2 Å². The van der Waals surface area contributed by atoms with Gasteiger partial charge in [0.1, 0.15) is 5.82 Å². The molecule has 0 aliphatic heterocycles. The van der Waals surface area contributed by atoms with Gasteiger partial charge >= 0.3 is 0 Å². The van der Waals surface area contributed by atoms with E-state index in [0.29, 0.717) is 5.82 Å². The lowest BCUT2D eigenvalue weighted by Crippen LogP contribution is -2.06. The summed E-state index contributed by atoms with van der Waals surface area (Å²) in [6.45, 7) is 6.96. The van der Waals surface area contributed by atoms with Crippen LogP contribution < -0.4 is 5.32 Å². The van der Waals surface area contributed by atoms with Crippen LogP contribution in [0, 0.1) is 20.8 Å². The standard InChI is InChI=1S/C17H18N4S/c1-11-6-7-15(22-11)10-19-16-12(2)13(3)20-17(21-16)14-5-4-8-18-9-14/h4-9H,10H2,1-3H3,(H,19,20,21). The number of nitrogens with one attached hydrogen (secondary N) is 1. The molecular weight excluding hydrogens is 292 g/mol. The highest BCUT2D eigenvalue weighted by molar-refractivity contribution is 7.11. The van der Waals surface area contributed by atoms with Crippen LogP contribution in [-0.4, -0.2) is 15.0 Å². The fourth-order valence-electron chi connectivity index (χ4n) is 2.18. The zero-order chi connectivity index (χ0) is 15.5. The third kappa shape index (κ3) is 3.14. The summed E-state index contributed by atoms with van der Waals surface area (Å²) in [6.07, 6.45) is 3.54. The van der Waals surface area contributed by atoms with Crippen molar-refractivity contribution in [1.82, 2.24) is 15.0 Å². The Morgan fingerprint density at radius 1 is 1.09 bits per heavy atom. The van der Waals surface area contributed by atoms with Gasteiger partial charge in [-0.1, -0.05) is 0 Å². The Kier molecular flexibility index (Phi) is 4.15. The summed E-state index contributed by atoms with van der Waals surface area (Å²) in [5, 5.41) is 3.43. The van der Waals surface area contributed by atoms with Crippen LogP contribution in [0.25, 0.3) is 11.4 Å². The van der Waals surface area contributed by atoms with Crippen molar-refractivity contribution in [1.29, 1.82) is 0 Å². The van der Waals surface area contributed by atoms with Gasteiger partial charge in [0.25, 0.3) is 0 Å². The summed E-state index contributed by atoms with van der Waals surface area (Å²) < 4.78 is 0. The molecule has 0 aliphatic rings. The highest BCUT2D eigenvalue weighted by atomic mass is 32.1. The van der Waals surface area contributed by atoms with Gasteiger partial charge in [-0.3, -0.25) is 4.98 Å². The molecule has 3 aromatic heterocycles. The first-order valence-electron chi connectivity index (χ1n) is 7.18. The van der Waals surface area contributed by atoms with Crippen molar-refractivity contribution in [2.24, 2.45) is 0 Å². The molecular formula is C17H18N4S. The fourth-order valence-corrected chi connectivity index (χ4v) is 3.01. The summed E-state index contributed by atoms with van der Waals surface area (Å²) in [6, 6.07) is 8.16. The summed E-state index contributed by atoms with van der Waals surface area (Å²) >= 11 is 1.80. The van der Waals surface area contributed by atoms with Crippen molar-refractivity contribution in [3.63, 3.8) is 0 Å². The van der Waals surface area contributed by atoms with Crippen molar-refractivity contribution < 1.29 is 0 Å². The molecule has 1 N–H and O–H groups in total. The molecule has 3 rings (SSSR count). The maximum Gasteiger partial charge on any atom is 0.163 e. The molecule has 22 heavy (non-hydrogen) atoms. The lowest BCUT2D eigenvalue weighted by atomic mass is 10.2. The summed E-state index contributed by atoms with van der Waals surface area (Å²) in [7, 11) is 0. The second kappa shape index (κ2) is 6.23. The number of hydrogen-bond donors (Lipinski definition) is 1. The number of rotatable bonds is 4. The second-order valence-corrected chi connectivity index (χ2v) is 6.59. The zero-order valence-electron chi connectivity index (χ0n) is 12.9. The van der Waals surface area contributed by atoms with E-state index in [9.17, 15) is 0 Å². The first-order chi connectivity index (χ1) is 10.6. The highest BCUT2D eigenvalue weighted by Crippen LogP contribution is 2.22. The van der Waals surface area contributed by atoms with E-state index in [1.54, 1.807) is 23.7 Å². The van der Waals surface area contributed by atoms with E-state index in [1.807, 2.05) is 26.0 Å². The molecule has 0 radical (unpaired) electrons. The molecule has 0 aromatic carbocycles. The predicted octanol–water partition coefficient (Wildman–Crippen LogP) is 4.14. The van der Waals surface area contributed by atoms with Crippen molar-refractivity contribution in [3.05, 3.63) is 57.7 Å². The van der Waals surface area contributed by atoms with Gasteiger partial charge < -0.3 is 5.32 Å². The van der Waals surface area contributed by atoms with E-state index in [1.165, 1.54) is 9.75 Å². The number of aryl methyl sites for hydroxylation is 2. The first kappa shape index (κ1) is 14.7. The van der Waals surface area contributed by atoms with Gasteiger partial charge in [0, 0.05) is 39.0 Å². The molecule has 112 valence electrons. The number of hydrogen-bond acceptors (Lipinski definition) is 5. The second-order valence-electron chi connectivity index (χ2n) is 5.21. The Bertz CT molecular complexity index is 781. The Morgan fingerprint density at radius 2 is 1.95 bits per heavy atom. The molecule has 0 amide bonds. The van der Waals surface area contributed by atoms with Crippen LogP contribution in [0.5, 0.6) is 0 Å². The number of nitrogens with zero attached hydrogens (tertiary/aromatic N) is 3. The van der Waals surface area contributed by atoms with Crippen LogP contribution in [0.1, 0.15) is 21.0 Å². The molecule has 0 saturated carbocycles. The lowest BCUT2D eigenvalue weighted by Gasteiger charge is -2.11. The highest BCUT2D eigenvalue weighted by Gasteiger charge is 2.10. The molecule has 5 heteroatoms. The summed E-state index contributed by atoms with van der Waals surface area (Å²) in [4.78, 5) is 16.0. The number of anilines is 1. The molecule has 3 heterocycles. The Labute approximate surface area is 134 Å².